The van der Waals surface area contributed by atoms with Crippen molar-refractivity contribution < 1.29 is 8.42 Å². The lowest BCUT2D eigenvalue weighted by molar-refractivity contribution is 0.222. The zero-order chi connectivity index (χ0) is 15.5. The Labute approximate surface area is 134 Å². The number of sulfonamides is 1. The van der Waals surface area contributed by atoms with Crippen LogP contribution in [0.2, 0.25) is 0 Å². The normalized spacial score (nSPS) is 17.9. The highest BCUT2D eigenvalue weighted by atomic mass is 79.9. The zero-order valence-corrected chi connectivity index (χ0v) is 14.7. The molecule has 1 saturated heterocycles. The molecule has 0 bridgehead atoms. The number of nitrogens with zero attached hydrogens (tertiary/aromatic N) is 3. The van der Waals surface area contributed by atoms with Crippen LogP contribution in [0, 0.1) is 0 Å². The fourth-order valence-corrected chi connectivity index (χ4v) is 4.15. The lowest BCUT2D eigenvalue weighted by Gasteiger charge is -2.31. The number of nitrogens with one attached hydrogen (secondary N) is 1. The highest BCUT2D eigenvalue weighted by molar-refractivity contribution is 9.10. The second-order valence-electron chi connectivity index (χ2n) is 5.14. The Morgan fingerprint density at radius 2 is 2.00 bits per heavy atom. The van der Waals surface area contributed by atoms with Gasteiger partial charge in [0.1, 0.15) is 10.7 Å². The number of pyridine rings is 1. The summed E-state index contributed by atoms with van der Waals surface area (Å²) in [6.45, 7) is 5.41. The van der Waals surface area contributed by atoms with E-state index in [1.807, 2.05) is 7.05 Å². The molecule has 0 atom stereocenters. The molecule has 1 aromatic rings. The number of halogens is 1. The summed E-state index contributed by atoms with van der Waals surface area (Å²) in [4.78, 5) is 6.58. The molecule has 2 rings (SSSR count). The van der Waals surface area contributed by atoms with Crippen LogP contribution in [0.3, 0.4) is 0 Å². The van der Waals surface area contributed by atoms with Gasteiger partial charge in [0.2, 0.25) is 10.0 Å². The summed E-state index contributed by atoms with van der Waals surface area (Å²) in [6.07, 6.45) is 2.41. The van der Waals surface area contributed by atoms with Crippen LogP contribution in [0.5, 0.6) is 0 Å². The Morgan fingerprint density at radius 1 is 1.33 bits per heavy atom. The van der Waals surface area contributed by atoms with Crippen molar-refractivity contribution in [3.8, 4) is 0 Å². The summed E-state index contributed by atoms with van der Waals surface area (Å²) < 4.78 is 27.4. The Hall–Kier alpha value is -0.700. The zero-order valence-electron chi connectivity index (χ0n) is 12.3. The first-order valence-corrected chi connectivity index (χ1v) is 9.26. The van der Waals surface area contributed by atoms with E-state index in [2.05, 4.69) is 38.1 Å². The smallest absolute Gasteiger partial charge is 0.244 e. The number of rotatable bonds is 5. The van der Waals surface area contributed by atoms with Crippen molar-refractivity contribution in [3.05, 3.63) is 16.7 Å². The van der Waals surface area contributed by atoms with Gasteiger partial charge in [-0.25, -0.2) is 13.4 Å². The van der Waals surface area contributed by atoms with Crippen LogP contribution >= 0.6 is 15.9 Å². The van der Waals surface area contributed by atoms with Crippen LogP contribution in [-0.4, -0.2) is 62.4 Å². The highest BCUT2D eigenvalue weighted by Gasteiger charge is 2.28. The van der Waals surface area contributed by atoms with Crippen molar-refractivity contribution in [1.29, 1.82) is 0 Å². The minimum absolute atomic E-state index is 0.237. The molecule has 118 valence electrons. The standard InChI is InChI=1S/C13H21BrN4O2S/c1-3-4-15-13-12(14)9-11(10-16-13)21(19,20)18-7-5-17(2)6-8-18/h9-10H,3-8H2,1-2H3,(H,15,16). The van der Waals surface area contributed by atoms with Crippen molar-refractivity contribution in [3.63, 3.8) is 0 Å². The van der Waals surface area contributed by atoms with E-state index in [1.165, 1.54) is 10.5 Å². The fourth-order valence-electron chi connectivity index (χ4n) is 2.11. The van der Waals surface area contributed by atoms with Gasteiger partial charge in [-0.05, 0) is 35.5 Å². The largest absolute Gasteiger partial charge is 0.369 e. The topological polar surface area (TPSA) is 65.5 Å². The third-order valence-electron chi connectivity index (χ3n) is 3.46. The maximum absolute atomic E-state index is 12.6. The highest BCUT2D eigenvalue weighted by Crippen LogP contribution is 2.25. The third kappa shape index (κ3) is 3.94. The predicted octanol–water partition coefficient (Wildman–Crippen LogP) is 1.60. The number of piperazine rings is 1. The molecule has 0 aromatic carbocycles. The van der Waals surface area contributed by atoms with E-state index in [9.17, 15) is 8.42 Å². The average Bonchev–Trinajstić information content (AvgIpc) is 2.46. The van der Waals surface area contributed by atoms with E-state index in [-0.39, 0.29) is 4.90 Å². The Balaban J connectivity index is 2.18. The van der Waals surface area contributed by atoms with Crippen molar-refractivity contribution in [2.45, 2.75) is 18.2 Å². The van der Waals surface area contributed by atoms with Crippen molar-refractivity contribution in [2.24, 2.45) is 0 Å². The molecule has 0 saturated carbocycles. The number of likely N-dealkylation sites (N-methyl/N-ethyl adjacent to an activating group) is 1. The number of hydrogen-bond donors (Lipinski definition) is 1. The minimum Gasteiger partial charge on any atom is -0.369 e. The van der Waals surface area contributed by atoms with Gasteiger partial charge < -0.3 is 10.2 Å². The molecular weight excluding hydrogens is 356 g/mol. The molecule has 1 aromatic heterocycles. The molecule has 1 fully saturated rings. The number of hydrogen-bond acceptors (Lipinski definition) is 5. The molecule has 1 aliphatic heterocycles. The minimum atomic E-state index is -3.46. The van der Waals surface area contributed by atoms with Gasteiger partial charge in [-0.3, -0.25) is 0 Å². The quantitative estimate of drug-likeness (QED) is 0.845. The molecule has 2 heterocycles. The number of anilines is 1. The van der Waals surface area contributed by atoms with E-state index in [0.717, 1.165) is 26.1 Å². The molecular formula is C13H21BrN4O2S. The van der Waals surface area contributed by atoms with E-state index in [1.54, 1.807) is 6.07 Å². The SMILES string of the molecule is CCCNc1ncc(S(=O)(=O)N2CCN(C)CC2)cc1Br. The van der Waals surface area contributed by atoms with Crippen LogP contribution in [0.1, 0.15) is 13.3 Å². The van der Waals surface area contributed by atoms with Gasteiger partial charge in [0.15, 0.2) is 0 Å². The van der Waals surface area contributed by atoms with Gasteiger partial charge >= 0.3 is 0 Å². The number of aromatic nitrogens is 1. The summed E-state index contributed by atoms with van der Waals surface area (Å²) in [5.74, 6) is 0.675. The monoisotopic (exact) mass is 376 g/mol. The molecule has 0 unspecified atom stereocenters. The van der Waals surface area contributed by atoms with E-state index in [0.29, 0.717) is 23.4 Å². The van der Waals surface area contributed by atoms with Gasteiger partial charge in [0.05, 0.1) is 4.47 Å². The lowest BCUT2D eigenvalue weighted by Crippen LogP contribution is -2.47. The molecule has 1 aliphatic rings. The van der Waals surface area contributed by atoms with Gasteiger partial charge in [0, 0.05) is 38.9 Å². The first kappa shape index (κ1) is 16.7. The second kappa shape index (κ2) is 7.04. The van der Waals surface area contributed by atoms with E-state index < -0.39 is 10.0 Å². The molecule has 0 aliphatic carbocycles. The summed E-state index contributed by atoms with van der Waals surface area (Å²) in [7, 11) is -1.46. The van der Waals surface area contributed by atoms with Crippen LogP contribution in [-0.2, 0) is 10.0 Å². The van der Waals surface area contributed by atoms with E-state index >= 15 is 0 Å². The summed E-state index contributed by atoms with van der Waals surface area (Å²) in [5, 5.41) is 3.15. The van der Waals surface area contributed by atoms with Crippen LogP contribution in [0.15, 0.2) is 21.6 Å². The van der Waals surface area contributed by atoms with Crippen molar-refractivity contribution in [1.82, 2.24) is 14.2 Å². The van der Waals surface area contributed by atoms with E-state index in [4.69, 9.17) is 0 Å². The molecule has 1 N–H and O–H groups in total. The molecule has 0 spiro atoms. The van der Waals surface area contributed by atoms with Crippen LogP contribution < -0.4 is 5.32 Å². The van der Waals surface area contributed by atoms with Crippen LogP contribution in [0.25, 0.3) is 0 Å². The second-order valence-corrected chi connectivity index (χ2v) is 7.93. The third-order valence-corrected chi connectivity index (χ3v) is 5.93. The van der Waals surface area contributed by atoms with Crippen molar-refractivity contribution >= 4 is 31.8 Å². The Bertz CT molecular complexity index is 586. The Morgan fingerprint density at radius 3 is 2.57 bits per heavy atom. The van der Waals surface area contributed by atoms with Crippen LogP contribution in [0.4, 0.5) is 5.82 Å². The van der Waals surface area contributed by atoms with Gasteiger partial charge in [-0.1, -0.05) is 6.92 Å². The maximum Gasteiger partial charge on any atom is 0.244 e. The molecule has 0 amide bonds. The lowest BCUT2D eigenvalue weighted by atomic mass is 10.4. The van der Waals surface area contributed by atoms with Gasteiger partial charge in [-0.2, -0.15) is 4.31 Å². The molecule has 6 nitrogen and oxygen atoms in total. The maximum atomic E-state index is 12.6. The summed E-state index contributed by atoms with van der Waals surface area (Å²) in [6, 6.07) is 1.62. The average molecular weight is 377 g/mol. The van der Waals surface area contributed by atoms with Gasteiger partial charge in [0.25, 0.3) is 0 Å². The first-order chi connectivity index (χ1) is 9.95. The Kier molecular flexibility index (Phi) is 5.59. The first-order valence-electron chi connectivity index (χ1n) is 7.03. The van der Waals surface area contributed by atoms with Crippen molar-refractivity contribution in [2.75, 3.05) is 45.1 Å². The predicted molar refractivity (Wildman–Crippen MR) is 87.0 cm³/mol. The van der Waals surface area contributed by atoms with Gasteiger partial charge in [-0.15, -0.1) is 0 Å². The summed E-state index contributed by atoms with van der Waals surface area (Å²) >= 11 is 3.39. The molecule has 0 radical (unpaired) electrons. The molecule has 8 heteroatoms. The molecule has 21 heavy (non-hydrogen) atoms. The fraction of sp³-hybridized carbons (Fsp3) is 0.615. The summed E-state index contributed by atoms with van der Waals surface area (Å²) in [5.41, 5.74) is 0.